The van der Waals surface area contributed by atoms with Crippen LogP contribution in [-0.4, -0.2) is 67.9 Å². The number of aromatic carboxylic acids is 3. The van der Waals surface area contributed by atoms with Crippen molar-refractivity contribution < 1.29 is 73.4 Å². The molecule has 0 aliphatic rings. The molecule has 0 bridgehead atoms. The van der Waals surface area contributed by atoms with Crippen molar-refractivity contribution in [2.75, 3.05) is 0 Å². The van der Waals surface area contributed by atoms with Gasteiger partial charge in [-0.15, -0.1) is 0 Å². The number of hydrogen-bond donors (Lipinski definition) is 3. The predicted octanol–water partition coefficient (Wildman–Crippen LogP) is 3.44. The number of hydrogen-bond acceptors (Lipinski definition) is 12. The van der Waals surface area contributed by atoms with E-state index in [-0.39, 0.29) is 0 Å². The molecule has 3 N–H and O–H groups in total. The number of carboxylic acids is 3. The summed E-state index contributed by atoms with van der Waals surface area (Å²) in [5.41, 5.74) is -12.3. The van der Waals surface area contributed by atoms with Gasteiger partial charge in [-0.2, -0.15) is 14.7 Å². The molecule has 1 rings (SSSR count). The van der Waals surface area contributed by atoms with E-state index in [1.807, 2.05) is 0 Å². The van der Waals surface area contributed by atoms with Crippen LogP contribution in [0.3, 0.4) is 0 Å². The summed E-state index contributed by atoms with van der Waals surface area (Å²) in [5, 5.41) is 29.5. The van der Waals surface area contributed by atoms with Crippen LogP contribution in [-0.2, 0) is 29.3 Å². The Morgan fingerprint density at radius 3 is 0.769 bits per heavy atom. The van der Waals surface area contributed by atoms with Crippen LogP contribution in [0.2, 0.25) is 0 Å². The maximum Gasteiger partial charge on any atom is 0.374 e. The second-order valence-corrected chi connectivity index (χ2v) is 10.9. The monoisotopic (exact) mass is 558 g/mol. The van der Waals surface area contributed by atoms with Gasteiger partial charge in [0.1, 0.15) is 16.8 Å². The van der Waals surface area contributed by atoms with Crippen LogP contribution in [0.5, 0.6) is 0 Å². The van der Waals surface area contributed by atoms with Gasteiger partial charge in [0, 0.05) is 0 Å². The first-order chi connectivity index (χ1) is 17.5. The summed E-state index contributed by atoms with van der Waals surface area (Å²) in [6.07, 6.45) is 0. The number of carboxylic acid groups (broad SMARTS) is 3. The molecule has 0 aliphatic carbocycles. The van der Waals surface area contributed by atoms with E-state index in [0.29, 0.717) is 0 Å². The van der Waals surface area contributed by atoms with Crippen LogP contribution in [0.15, 0.2) is 0 Å². The summed E-state index contributed by atoms with van der Waals surface area (Å²) in [7, 11) is 0. The Balaban J connectivity index is 4.33. The van der Waals surface area contributed by atoms with Crippen molar-refractivity contribution in [3.8, 4) is 0 Å². The van der Waals surface area contributed by atoms with Crippen LogP contribution in [0.4, 0.5) is 0 Å². The minimum absolute atomic E-state index is 1.19. The second-order valence-electron chi connectivity index (χ2n) is 10.9. The molecule has 0 spiro atoms. The zero-order valence-corrected chi connectivity index (χ0v) is 22.7. The Labute approximate surface area is 222 Å². The summed E-state index contributed by atoms with van der Waals surface area (Å²) in [6.45, 7) is 12.8. The molecule has 0 unspecified atom stereocenters. The molecular weight excluding hydrogens is 528 g/mol. The maximum absolute atomic E-state index is 13.2. The first kappa shape index (κ1) is 32.9. The van der Waals surface area contributed by atoms with E-state index in [2.05, 4.69) is 14.7 Å². The van der Waals surface area contributed by atoms with Crippen LogP contribution in [0.25, 0.3) is 0 Å². The van der Waals surface area contributed by atoms with Gasteiger partial charge in [0.2, 0.25) is 0 Å². The lowest BCUT2D eigenvalue weighted by Gasteiger charge is -2.22. The first-order valence-corrected chi connectivity index (χ1v) is 11.1. The highest BCUT2D eigenvalue weighted by Crippen LogP contribution is 2.33. The molecule has 39 heavy (non-hydrogen) atoms. The predicted molar refractivity (Wildman–Crippen MR) is 126 cm³/mol. The molecule has 0 fully saturated rings. The second kappa shape index (κ2) is 11.8. The molecule has 0 saturated heterocycles. The Morgan fingerprint density at radius 2 is 0.590 bits per heavy atom. The summed E-state index contributed by atoms with van der Waals surface area (Å²) < 4.78 is 0. The van der Waals surface area contributed by atoms with Gasteiger partial charge < -0.3 is 15.3 Å². The smallest absolute Gasteiger partial charge is 0.374 e. The third kappa shape index (κ3) is 9.01. The molecule has 0 aromatic heterocycles. The molecule has 0 aliphatic heterocycles. The highest BCUT2D eigenvalue weighted by molar-refractivity contribution is 6.23. The van der Waals surface area contributed by atoms with Crippen molar-refractivity contribution in [3.63, 3.8) is 0 Å². The maximum atomic E-state index is 13.2. The molecule has 0 heterocycles. The quantitative estimate of drug-likeness (QED) is 0.292. The lowest BCUT2D eigenvalue weighted by Crippen LogP contribution is -2.32. The Bertz CT molecular complexity index is 1120. The van der Waals surface area contributed by atoms with Gasteiger partial charge in [0.15, 0.2) is 0 Å². The third-order valence-corrected chi connectivity index (χ3v) is 3.86. The summed E-state index contributed by atoms with van der Waals surface area (Å²) in [4.78, 5) is 105. The third-order valence-electron chi connectivity index (χ3n) is 3.86. The molecule has 0 amide bonds. The minimum Gasteiger partial charge on any atom is -0.478 e. The minimum atomic E-state index is -2.19. The van der Waals surface area contributed by atoms with Crippen LogP contribution >= 0.6 is 0 Å². The van der Waals surface area contributed by atoms with Crippen molar-refractivity contribution >= 4 is 35.8 Å². The Morgan fingerprint density at radius 1 is 0.410 bits per heavy atom. The number of benzene rings is 1. The van der Waals surface area contributed by atoms with Crippen molar-refractivity contribution in [2.45, 2.75) is 79.1 Å². The normalized spacial score (nSPS) is 11.9. The highest BCUT2D eigenvalue weighted by Gasteiger charge is 2.43. The van der Waals surface area contributed by atoms with Crippen molar-refractivity contribution in [3.05, 3.63) is 33.4 Å². The van der Waals surface area contributed by atoms with Crippen molar-refractivity contribution in [1.29, 1.82) is 0 Å². The fraction of sp³-hybridized carbons (Fsp3) is 0.500. The Kier molecular flexibility index (Phi) is 9.93. The molecular formula is C24H30O15. The molecule has 1 aromatic rings. The van der Waals surface area contributed by atoms with Gasteiger partial charge in [-0.1, -0.05) is 0 Å². The average Bonchev–Trinajstić information content (AvgIpc) is 2.75. The molecule has 216 valence electrons. The molecule has 15 heteroatoms. The number of rotatable bonds is 9. The zero-order chi connectivity index (χ0) is 30.7. The van der Waals surface area contributed by atoms with E-state index in [0.717, 1.165) is 0 Å². The molecule has 0 atom stereocenters. The van der Waals surface area contributed by atoms with Crippen LogP contribution < -0.4 is 0 Å². The number of carbonyl (C=O) groups excluding carboxylic acids is 3. The fourth-order valence-corrected chi connectivity index (χ4v) is 2.62. The fourth-order valence-electron chi connectivity index (χ4n) is 2.62. The Hall–Kier alpha value is -4.08. The lowest BCUT2D eigenvalue weighted by atomic mass is 9.86. The van der Waals surface area contributed by atoms with Crippen molar-refractivity contribution in [2.24, 2.45) is 0 Å². The highest BCUT2D eigenvalue weighted by atomic mass is 17.2. The van der Waals surface area contributed by atoms with Gasteiger partial charge in [-0.05, 0) is 62.3 Å². The lowest BCUT2D eigenvalue weighted by molar-refractivity contribution is -0.303. The van der Waals surface area contributed by atoms with E-state index in [9.17, 15) is 44.1 Å². The first-order valence-electron chi connectivity index (χ1n) is 11.1. The van der Waals surface area contributed by atoms with Gasteiger partial charge in [0.25, 0.3) is 0 Å². The van der Waals surface area contributed by atoms with E-state index in [1.54, 1.807) is 0 Å². The van der Waals surface area contributed by atoms with Crippen LogP contribution in [0, 0.1) is 0 Å². The van der Waals surface area contributed by atoms with Crippen molar-refractivity contribution in [1.82, 2.24) is 0 Å². The summed E-state index contributed by atoms with van der Waals surface area (Å²) >= 11 is 0. The zero-order valence-electron chi connectivity index (χ0n) is 22.7. The molecule has 0 radical (unpaired) electrons. The average molecular weight is 558 g/mol. The van der Waals surface area contributed by atoms with Gasteiger partial charge in [-0.25, -0.2) is 28.8 Å². The molecule has 0 saturated carbocycles. The van der Waals surface area contributed by atoms with Gasteiger partial charge in [-0.3, -0.25) is 14.7 Å². The topological polar surface area (TPSA) is 218 Å². The number of carbonyl (C=O) groups is 6. The van der Waals surface area contributed by atoms with Crippen LogP contribution in [0.1, 0.15) is 124 Å². The molecule has 1 aromatic carbocycles. The standard InChI is InChI=1S/C24H30O15/c1-22(2,3)37-34-19(31)13-11(17(27)28)10(16(25)26)12(18(29)30)14(20(32)35-38-23(4,5)6)15(13)21(33)36-39-24(7,8)9/h1-9H3,(H,25,26)(H,27,28)(H,29,30). The van der Waals surface area contributed by atoms with Gasteiger partial charge in [0.05, 0.1) is 33.4 Å². The molecule has 15 nitrogen and oxygen atoms in total. The van der Waals surface area contributed by atoms with E-state index in [1.165, 1.54) is 62.3 Å². The van der Waals surface area contributed by atoms with E-state index < -0.39 is 86.0 Å². The van der Waals surface area contributed by atoms with E-state index in [4.69, 9.17) is 14.7 Å². The summed E-state index contributed by atoms with van der Waals surface area (Å²) in [6, 6.07) is 0. The van der Waals surface area contributed by atoms with Gasteiger partial charge >= 0.3 is 35.8 Å². The largest absolute Gasteiger partial charge is 0.478 e. The van der Waals surface area contributed by atoms with E-state index >= 15 is 0 Å². The summed E-state index contributed by atoms with van der Waals surface area (Å²) in [5.74, 6) is -11.9. The SMILES string of the molecule is CC(C)(C)OOC(=O)c1c(C(=O)O)c(C(=O)O)c(C(=O)O)c(C(=O)OOC(C)(C)C)c1C(=O)OOC(C)(C)C.